The van der Waals surface area contributed by atoms with Gasteiger partial charge < -0.3 is 15.3 Å². The Balaban J connectivity index is 2.16. The first-order valence-electron chi connectivity index (χ1n) is 6.82. The van der Waals surface area contributed by atoms with Crippen molar-refractivity contribution in [2.24, 2.45) is 0 Å². The van der Waals surface area contributed by atoms with Gasteiger partial charge in [-0.05, 0) is 50.8 Å². The van der Waals surface area contributed by atoms with E-state index in [0.29, 0.717) is 18.7 Å². The Bertz CT molecular complexity index is 530. The van der Waals surface area contributed by atoms with Crippen LogP contribution in [-0.2, 0) is 4.79 Å². The van der Waals surface area contributed by atoms with E-state index in [1.54, 1.807) is 13.0 Å². The number of urea groups is 1. The van der Waals surface area contributed by atoms with Crippen LogP contribution in [0.4, 0.5) is 10.5 Å². The van der Waals surface area contributed by atoms with Crippen molar-refractivity contribution in [3.63, 3.8) is 0 Å². The van der Waals surface area contributed by atoms with Gasteiger partial charge in [0.1, 0.15) is 5.54 Å². The lowest BCUT2D eigenvalue weighted by Gasteiger charge is -2.41. The van der Waals surface area contributed by atoms with Gasteiger partial charge in [-0.15, -0.1) is 0 Å². The number of rotatable bonds is 2. The third-order valence-electron chi connectivity index (χ3n) is 3.87. The van der Waals surface area contributed by atoms with Crippen LogP contribution in [0.5, 0.6) is 0 Å². The van der Waals surface area contributed by atoms with Gasteiger partial charge in [0.25, 0.3) is 0 Å². The molecule has 2 N–H and O–H groups in total. The van der Waals surface area contributed by atoms with Gasteiger partial charge >= 0.3 is 12.0 Å². The second-order valence-corrected chi connectivity index (χ2v) is 5.49. The number of likely N-dealkylation sites (tertiary alicyclic amines) is 1. The van der Waals surface area contributed by atoms with Crippen LogP contribution in [0, 0.1) is 6.92 Å². The average Bonchev–Trinajstić information content (AvgIpc) is 2.39. The molecule has 1 unspecified atom stereocenters. The predicted molar refractivity (Wildman–Crippen MR) is 76.8 cm³/mol. The number of carbonyl (C=O) groups excluding carboxylic acids is 1. The quantitative estimate of drug-likeness (QED) is 0.872. The zero-order chi connectivity index (χ0) is 14.8. The first kappa shape index (κ1) is 14.4. The minimum Gasteiger partial charge on any atom is -0.480 e. The normalized spacial score (nSPS) is 22.4. The molecule has 1 aromatic rings. The largest absolute Gasteiger partial charge is 0.480 e. The molecule has 1 atom stereocenters. The van der Waals surface area contributed by atoms with Crippen molar-refractivity contribution in [2.75, 3.05) is 11.9 Å². The van der Waals surface area contributed by atoms with E-state index in [2.05, 4.69) is 5.32 Å². The lowest BCUT2D eigenvalue weighted by molar-refractivity contribution is -0.150. The van der Waals surface area contributed by atoms with E-state index >= 15 is 0 Å². The Hall–Kier alpha value is -2.04. The molecule has 2 rings (SSSR count). The lowest BCUT2D eigenvalue weighted by atomic mass is 9.89. The van der Waals surface area contributed by atoms with Gasteiger partial charge in [0.05, 0.1) is 0 Å². The predicted octanol–water partition coefficient (Wildman–Crippen LogP) is 2.86. The minimum atomic E-state index is -1.12. The third kappa shape index (κ3) is 2.76. The van der Waals surface area contributed by atoms with Crippen LogP contribution >= 0.6 is 0 Å². The van der Waals surface area contributed by atoms with Crippen molar-refractivity contribution in [1.29, 1.82) is 0 Å². The van der Waals surface area contributed by atoms with Gasteiger partial charge in [-0.1, -0.05) is 12.1 Å². The van der Waals surface area contributed by atoms with Gasteiger partial charge in [0, 0.05) is 12.2 Å². The molecule has 0 radical (unpaired) electrons. The van der Waals surface area contributed by atoms with E-state index in [9.17, 15) is 14.7 Å². The van der Waals surface area contributed by atoms with Crippen LogP contribution in [0.15, 0.2) is 24.3 Å². The number of hydrogen-bond donors (Lipinski definition) is 2. The number of hydrogen-bond acceptors (Lipinski definition) is 2. The standard InChI is InChI=1S/C15H20N2O3/c1-11-6-5-7-12(10-11)16-14(20)17-9-4-3-8-15(17,2)13(18)19/h5-7,10H,3-4,8-9H2,1-2H3,(H,16,20)(H,18,19). The minimum absolute atomic E-state index is 0.347. The summed E-state index contributed by atoms with van der Waals surface area (Å²) in [4.78, 5) is 25.3. The van der Waals surface area contributed by atoms with Crippen molar-refractivity contribution >= 4 is 17.7 Å². The van der Waals surface area contributed by atoms with Gasteiger partial charge in [0.2, 0.25) is 0 Å². The number of aliphatic carboxylic acids is 1. The maximum Gasteiger partial charge on any atom is 0.329 e. The first-order chi connectivity index (χ1) is 9.43. The number of amides is 2. The summed E-state index contributed by atoms with van der Waals surface area (Å²) in [6.07, 6.45) is 2.16. The van der Waals surface area contributed by atoms with Crippen LogP contribution in [0.25, 0.3) is 0 Å². The van der Waals surface area contributed by atoms with Crippen molar-refractivity contribution < 1.29 is 14.7 Å². The molecule has 0 bridgehead atoms. The maximum atomic E-state index is 12.4. The fourth-order valence-electron chi connectivity index (χ4n) is 2.58. The molecular formula is C15H20N2O3. The van der Waals surface area contributed by atoms with Crippen LogP contribution in [0.1, 0.15) is 31.7 Å². The highest BCUT2D eigenvalue weighted by molar-refractivity contribution is 5.94. The summed E-state index contributed by atoms with van der Waals surface area (Å²) in [6.45, 7) is 4.03. The molecule has 1 aliphatic rings. The lowest BCUT2D eigenvalue weighted by Crippen LogP contribution is -2.58. The second-order valence-electron chi connectivity index (χ2n) is 5.49. The van der Waals surface area contributed by atoms with E-state index < -0.39 is 11.5 Å². The zero-order valence-electron chi connectivity index (χ0n) is 11.8. The highest BCUT2D eigenvalue weighted by atomic mass is 16.4. The monoisotopic (exact) mass is 276 g/mol. The fraction of sp³-hybridized carbons (Fsp3) is 0.467. The smallest absolute Gasteiger partial charge is 0.329 e. The van der Waals surface area contributed by atoms with E-state index in [0.717, 1.165) is 18.4 Å². The van der Waals surface area contributed by atoms with E-state index in [-0.39, 0.29) is 6.03 Å². The van der Waals surface area contributed by atoms with Crippen LogP contribution < -0.4 is 5.32 Å². The highest BCUT2D eigenvalue weighted by Gasteiger charge is 2.43. The second kappa shape index (κ2) is 5.53. The molecule has 0 aromatic heterocycles. The number of nitrogens with zero attached hydrogens (tertiary/aromatic N) is 1. The number of piperidine rings is 1. The summed E-state index contributed by atoms with van der Waals surface area (Å²) in [7, 11) is 0. The SMILES string of the molecule is Cc1cccc(NC(=O)N2CCCCC2(C)C(=O)O)c1. The number of carboxylic acid groups (broad SMARTS) is 1. The van der Waals surface area contributed by atoms with E-state index in [1.807, 2.05) is 25.1 Å². The van der Waals surface area contributed by atoms with Gasteiger partial charge in [-0.25, -0.2) is 9.59 Å². The summed E-state index contributed by atoms with van der Waals surface area (Å²) >= 11 is 0. The van der Waals surface area contributed by atoms with Crippen molar-refractivity contribution in [2.45, 2.75) is 38.6 Å². The average molecular weight is 276 g/mol. The number of anilines is 1. The Labute approximate surface area is 118 Å². The molecule has 1 fully saturated rings. The molecule has 0 spiro atoms. The van der Waals surface area contributed by atoms with Crippen LogP contribution in [0.2, 0.25) is 0 Å². The number of nitrogens with one attached hydrogen (secondary N) is 1. The van der Waals surface area contributed by atoms with Crippen LogP contribution in [-0.4, -0.2) is 34.1 Å². The molecule has 0 aliphatic carbocycles. The van der Waals surface area contributed by atoms with Gasteiger partial charge in [-0.2, -0.15) is 0 Å². The Morgan fingerprint density at radius 3 is 2.75 bits per heavy atom. The van der Waals surface area contributed by atoms with Gasteiger partial charge in [0.15, 0.2) is 0 Å². The fourth-order valence-corrected chi connectivity index (χ4v) is 2.58. The molecule has 0 saturated carbocycles. The molecule has 1 saturated heterocycles. The Morgan fingerprint density at radius 1 is 1.35 bits per heavy atom. The molecule has 5 nitrogen and oxygen atoms in total. The first-order valence-corrected chi connectivity index (χ1v) is 6.82. The van der Waals surface area contributed by atoms with Crippen LogP contribution in [0.3, 0.4) is 0 Å². The molecule has 20 heavy (non-hydrogen) atoms. The van der Waals surface area contributed by atoms with Crippen molar-refractivity contribution in [3.05, 3.63) is 29.8 Å². The number of benzene rings is 1. The Morgan fingerprint density at radius 2 is 2.10 bits per heavy atom. The topological polar surface area (TPSA) is 69.6 Å². The summed E-state index contributed by atoms with van der Waals surface area (Å²) in [5.41, 5.74) is 0.613. The van der Waals surface area contributed by atoms with Gasteiger partial charge in [-0.3, -0.25) is 0 Å². The van der Waals surface area contributed by atoms with Crippen molar-refractivity contribution in [3.8, 4) is 0 Å². The highest BCUT2D eigenvalue weighted by Crippen LogP contribution is 2.29. The summed E-state index contributed by atoms with van der Waals surface area (Å²) < 4.78 is 0. The molecule has 1 heterocycles. The number of carbonyl (C=O) groups is 2. The number of carboxylic acids is 1. The summed E-state index contributed by atoms with van der Waals surface area (Å²) in [5, 5.41) is 12.2. The van der Waals surface area contributed by atoms with Crippen molar-refractivity contribution in [1.82, 2.24) is 4.90 Å². The zero-order valence-corrected chi connectivity index (χ0v) is 11.8. The molecule has 2 amide bonds. The molecular weight excluding hydrogens is 256 g/mol. The Kier molecular flexibility index (Phi) is 3.97. The molecule has 108 valence electrons. The number of aryl methyl sites for hydroxylation is 1. The van der Waals surface area contributed by atoms with E-state index in [1.165, 1.54) is 4.90 Å². The summed E-state index contributed by atoms with van der Waals surface area (Å²) in [6, 6.07) is 7.11. The molecule has 5 heteroatoms. The molecule has 1 aliphatic heterocycles. The third-order valence-corrected chi connectivity index (χ3v) is 3.87. The summed E-state index contributed by atoms with van der Waals surface area (Å²) in [5.74, 6) is -0.948. The van der Waals surface area contributed by atoms with E-state index in [4.69, 9.17) is 0 Å². The molecule has 1 aromatic carbocycles. The maximum absolute atomic E-state index is 12.4.